The molecule has 2 rings (SSSR count). The van der Waals surface area contributed by atoms with Gasteiger partial charge in [-0.25, -0.2) is 9.78 Å². The Morgan fingerprint density at radius 1 is 1.40 bits per heavy atom. The SMILES string of the molecule is CCOC(=O)c1nc(-c2ccccn2)sc1CC(C)C. The maximum atomic E-state index is 12.0. The van der Waals surface area contributed by atoms with Crippen molar-refractivity contribution in [2.24, 2.45) is 5.92 Å². The quantitative estimate of drug-likeness (QED) is 0.790. The minimum atomic E-state index is -0.346. The van der Waals surface area contributed by atoms with Gasteiger partial charge in [-0.15, -0.1) is 11.3 Å². The van der Waals surface area contributed by atoms with Gasteiger partial charge in [0.1, 0.15) is 5.01 Å². The zero-order chi connectivity index (χ0) is 14.5. The second-order valence-electron chi connectivity index (χ2n) is 4.82. The maximum absolute atomic E-state index is 12.0. The third-order valence-electron chi connectivity index (χ3n) is 2.64. The molecule has 2 aromatic rings. The number of carbonyl (C=O) groups excluding carboxylic acids is 1. The highest BCUT2D eigenvalue weighted by Gasteiger charge is 2.20. The van der Waals surface area contributed by atoms with Crippen molar-refractivity contribution in [2.75, 3.05) is 6.61 Å². The first-order valence-corrected chi connectivity index (χ1v) is 7.51. The molecular weight excluding hydrogens is 272 g/mol. The Kier molecular flexibility index (Phi) is 4.84. The Labute approximate surface area is 122 Å². The van der Waals surface area contributed by atoms with Crippen molar-refractivity contribution in [1.82, 2.24) is 9.97 Å². The molecular formula is C15H18N2O2S. The van der Waals surface area contributed by atoms with Crippen molar-refractivity contribution >= 4 is 17.3 Å². The van der Waals surface area contributed by atoms with Crippen molar-refractivity contribution in [2.45, 2.75) is 27.2 Å². The van der Waals surface area contributed by atoms with Crippen LogP contribution in [0.2, 0.25) is 0 Å². The van der Waals surface area contributed by atoms with E-state index in [4.69, 9.17) is 4.74 Å². The van der Waals surface area contributed by atoms with E-state index in [0.717, 1.165) is 22.0 Å². The molecule has 0 N–H and O–H groups in total. The molecule has 2 aromatic heterocycles. The van der Waals surface area contributed by atoms with E-state index < -0.39 is 0 Å². The van der Waals surface area contributed by atoms with E-state index >= 15 is 0 Å². The van der Waals surface area contributed by atoms with Crippen LogP contribution in [0, 0.1) is 5.92 Å². The smallest absolute Gasteiger partial charge is 0.358 e. The van der Waals surface area contributed by atoms with Crippen molar-refractivity contribution in [3.8, 4) is 10.7 Å². The van der Waals surface area contributed by atoms with E-state index in [2.05, 4.69) is 23.8 Å². The number of nitrogens with zero attached hydrogens (tertiary/aromatic N) is 2. The predicted octanol–water partition coefficient (Wildman–Crippen LogP) is 3.58. The van der Waals surface area contributed by atoms with Gasteiger partial charge in [-0.05, 0) is 31.4 Å². The van der Waals surface area contributed by atoms with Crippen LogP contribution >= 0.6 is 11.3 Å². The number of carbonyl (C=O) groups is 1. The summed E-state index contributed by atoms with van der Waals surface area (Å²) in [6.07, 6.45) is 2.54. The lowest BCUT2D eigenvalue weighted by Gasteiger charge is -2.04. The van der Waals surface area contributed by atoms with E-state index in [1.807, 2.05) is 18.2 Å². The van der Waals surface area contributed by atoms with Gasteiger partial charge in [0, 0.05) is 11.1 Å². The normalized spacial score (nSPS) is 10.8. The fourth-order valence-electron chi connectivity index (χ4n) is 1.82. The van der Waals surface area contributed by atoms with Crippen molar-refractivity contribution in [3.63, 3.8) is 0 Å². The Hall–Kier alpha value is -1.75. The van der Waals surface area contributed by atoms with E-state index in [-0.39, 0.29) is 5.97 Å². The lowest BCUT2D eigenvalue weighted by molar-refractivity contribution is 0.0519. The molecule has 20 heavy (non-hydrogen) atoms. The van der Waals surface area contributed by atoms with Crippen LogP contribution in [0.25, 0.3) is 10.7 Å². The van der Waals surface area contributed by atoms with Crippen LogP contribution in [-0.4, -0.2) is 22.5 Å². The molecule has 0 aromatic carbocycles. The topological polar surface area (TPSA) is 52.1 Å². The number of hydrogen-bond acceptors (Lipinski definition) is 5. The van der Waals surface area contributed by atoms with Gasteiger partial charge in [-0.2, -0.15) is 0 Å². The average Bonchev–Trinajstić information content (AvgIpc) is 2.83. The lowest BCUT2D eigenvalue weighted by Crippen LogP contribution is -2.08. The minimum absolute atomic E-state index is 0.346. The predicted molar refractivity (Wildman–Crippen MR) is 79.8 cm³/mol. The molecule has 4 nitrogen and oxygen atoms in total. The van der Waals surface area contributed by atoms with Gasteiger partial charge >= 0.3 is 5.97 Å². The van der Waals surface area contributed by atoms with Crippen molar-refractivity contribution in [3.05, 3.63) is 35.0 Å². The molecule has 0 spiro atoms. The van der Waals surface area contributed by atoms with E-state index in [9.17, 15) is 4.79 Å². The van der Waals surface area contributed by atoms with Gasteiger partial charge in [-0.1, -0.05) is 19.9 Å². The van der Waals surface area contributed by atoms with Gasteiger partial charge in [0.15, 0.2) is 5.69 Å². The number of pyridine rings is 1. The highest BCUT2D eigenvalue weighted by atomic mass is 32.1. The van der Waals surface area contributed by atoms with Crippen LogP contribution in [0.1, 0.15) is 36.1 Å². The van der Waals surface area contributed by atoms with Crippen LogP contribution < -0.4 is 0 Å². The summed E-state index contributed by atoms with van der Waals surface area (Å²) >= 11 is 1.52. The molecule has 0 radical (unpaired) electrons. The number of ether oxygens (including phenoxy) is 1. The summed E-state index contributed by atoms with van der Waals surface area (Å²) in [6, 6.07) is 5.67. The van der Waals surface area contributed by atoms with Crippen LogP contribution in [0.5, 0.6) is 0 Å². The number of thiazole rings is 1. The van der Waals surface area contributed by atoms with E-state index in [1.54, 1.807) is 13.1 Å². The molecule has 2 heterocycles. The molecule has 0 unspecified atom stereocenters. The summed E-state index contributed by atoms with van der Waals surface area (Å²) in [5.41, 5.74) is 1.23. The number of esters is 1. The zero-order valence-corrected chi connectivity index (χ0v) is 12.7. The third-order valence-corrected chi connectivity index (χ3v) is 3.74. The second kappa shape index (κ2) is 6.61. The van der Waals surface area contributed by atoms with Crippen LogP contribution in [0.15, 0.2) is 24.4 Å². The summed E-state index contributed by atoms with van der Waals surface area (Å²) in [5.74, 6) is 0.113. The highest BCUT2D eigenvalue weighted by Crippen LogP contribution is 2.29. The van der Waals surface area contributed by atoms with Crippen LogP contribution in [-0.2, 0) is 11.2 Å². The van der Waals surface area contributed by atoms with Crippen LogP contribution in [0.3, 0.4) is 0 Å². The van der Waals surface area contributed by atoms with E-state index in [0.29, 0.717) is 18.2 Å². The van der Waals surface area contributed by atoms with Gasteiger partial charge in [0.25, 0.3) is 0 Å². The molecule has 0 atom stereocenters. The Morgan fingerprint density at radius 3 is 2.80 bits per heavy atom. The monoisotopic (exact) mass is 290 g/mol. The first-order chi connectivity index (χ1) is 9.61. The number of rotatable bonds is 5. The molecule has 0 saturated carbocycles. The molecule has 0 bridgehead atoms. The van der Waals surface area contributed by atoms with Gasteiger partial charge < -0.3 is 4.74 Å². The molecule has 0 amide bonds. The maximum Gasteiger partial charge on any atom is 0.358 e. The highest BCUT2D eigenvalue weighted by molar-refractivity contribution is 7.15. The third kappa shape index (κ3) is 3.42. The first-order valence-electron chi connectivity index (χ1n) is 6.70. The molecule has 106 valence electrons. The summed E-state index contributed by atoms with van der Waals surface area (Å²) in [5, 5.41) is 0.768. The standard InChI is InChI=1S/C15H18N2O2S/c1-4-19-15(18)13-12(9-10(2)3)20-14(17-13)11-7-5-6-8-16-11/h5-8,10H,4,9H2,1-3H3. The minimum Gasteiger partial charge on any atom is -0.461 e. The first kappa shape index (κ1) is 14.7. The molecule has 0 aliphatic heterocycles. The average molecular weight is 290 g/mol. The number of hydrogen-bond donors (Lipinski definition) is 0. The zero-order valence-electron chi connectivity index (χ0n) is 11.9. The van der Waals surface area contributed by atoms with Crippen molar-refractivity contribution in [1.29, 1.82) is 0 Å². The lowest BCUT2D eigenvalue weighted by atomic mass is 10.1. The number of aromatic nitrogens is 2. The van der Waals surface area contributed by atoms with Crippen molar-refractivity contribution < 1.29 is 9.53 Å². The molecule has 0 fully saturated rings. The van der Waals surface area contributed by atoms with Gasteiger partial charge in [0.2, 0.25) is 0 Å². The summed E-state index contributed by atoms with van der Waals surface area (Å²) in [6.45, 7) is 6.40. The largest absolute Gasteiger partial charge is 0.461 e. The fraction of sp³-hybridized carbons (Fsp3) is 0.400. The summed E-state index contributed by atoms with van der Waals surface area (Å²) < 4.78 is 5.08. The molecule has 5 heteroatoms. The Morgan fingerprint density at radius 2 is 2.20 bits per heavy atom. The second-order valence-corrected chi connectivity index (χ2v) is 5.91. The fourth-order valence-corrected chi connectivity index (χ4v) is 3.06. The molecule has 0 aliphatic rings. The van der Waals surface area contributed by atoms with Crippen LogP contribution in [0.4, 0.5) is 0 Å². The Bertz CT molecular complexity index is 579. The Balaban J connectivity index is 2.39. The van der Waals surface area contributed by atoms with E-state index in [1.165, 1.54) is 11.3 Å². The summed E-state index contributed by atoms with van der Waals surface area (Å²) in [4.78, 5) is 21.7. The van der Waals surface area contributed by atoms with Gasteiger partial charge in [-0.3, -0.25) is 4.98 Å². The molecule has 0 saturated heterocycles. The van der Waals surface area contributed by atoms with Gasteiger partial charge in [0.05, 0.1) is 12.3 Å². The summed E-state index contributed by atoms with van der Waals surface area (Å²) in [7, 11) is 0. The molecule has 0 aliphatic carbocycles.